The maximum atomic E-state index is 13.5. The summed E-state index contributed by atoms with van der Waals surface area (Å²) >= 11 is 4.08. The largest absolute Gasteiger partial charge is 0.508 e. The summed E-state index contributed by atoms with van der Waals surface area (Å²) in [6.07, 6.45) is 0. The molecule has 3 heterocycles. The zero-order valence-corrected chi connectivity index (χ0v) is 23.8. The number of nitrogens with zero attached hydrogens (tertiary/aromatic N) is 3. The molecule has 3 aromatic rings. The molecule has 1 fully saturated rings. The number of rotatable bonds is 9. The van der Waals surface area contributed by atoms with Gasteiger partial charge in [0, 0.05) is 17.1 Å². The molecule has 1 aromatic heterocycles. The number of phenolic OH excluding ortho intramolecular Hbond substituents is 2. The van der Waals surface area contributed by atoms with Crippen molar-refractivity contribution in [2.24, 2.45) is 0 Å². The molecule has 5 N–H and O–H groups in total. The molecule has 12 nitrogen and oxygen atoms in total. The first-order valence-corrected chi connectivity index (χ1v) is 15.0. The molecule has 5 rings (SSSR count). The lowest BCUT2D eigenvalue weighted by Crippen LogP contribution is -2.71. The lowest BCUT2D eigenvalue weighted by Gasteiger charge is -2.49. The maximum Gasteiger partial charge on any atom is 0.352 e. The highest BCUT2D eigenvalue weighted by Crippen LogP contribution is 2.42. The van der Waals surface area contributed by atoms with Gasteiger partial charge in [-0.1, -0.05) is 35.2 Å². The Morgan fingerprint density at radius 3 is 2.34 bits per heavy atom. The monoisotopic (exact) mass is 613 g/mol. The number of carbonyl (C=O) groups excluding carboxylic acids is 3. The smallest absolute Gasteiger partial charge is 0.352 e. The van der Waals surface area contributed by atoms with E-state index in [0.29, 0.717) is 27.0 Å². The third kappa shape index (κ3) is 6.01. The van der Waals surface area contributed by atoms with Gasteiger partial charge < -0.3 is 26.0 Å². The highest BCUT2D eigenvalue weighted by molar-refractivity contribution is 8.01. The molecule has 1 saturated heterocycles. The molecule has 41 heavy (non-hydrogen) atoms. The van der Waals surface area contributed by atoms with Crippen LogP contribution in [0.1, 0.15) is 27.0 Å². The quantitative estimate of drug-likeness (QED) is 0.176. The summed E-state index contributed by atoms with van der Waals surface area (Å²) in [5.74, 6) is -2.50. The Hall–Kier alpha value is -4.08. The van der Waals surface area contributed by atoms with Crippen molar-refractivity contribution in [1.29, 1.82) is 0 Å². The van der Waals surface area contributed by atoms with Crippen molar-refractivity contribution >= 4 is 58.6 Å². The highest BCUT2D eigenvalue weighted by atomic mass is 32.2. The van der Waals surface area contributed by atoms with Crippen LogP contribution >= 0.6 is 34.9 Å². The van der Waals surface area contributed by atoms with Gasteiger partial charge in [0.1, 0.15) is 39.7 Å². The van der Waals surface area contributed by atoms with Crippen molar-refractivity contribution in [3.8, 4) is 11.5 Å². The van der Waals surface area contributed by atoms with Gasteiger partial charge in [-0.05, 0) is 54.5 Å². The second kappa shape index (κ2) is 11.8. The lowest BCUT2D eigenvalue weighted by atomic mass is 10.0. The zero-order valence-electron chi connectivity index (χ0n) is 21.3. The molecule has 3 atom stereocenters. The molecule has 2 aromatic carbocycles. The van der Waals surface area contributed by atoms with Gasteiger partial charge in [0.25, 0.3) is 11.8 Å². The van der Waals surface area contributed by atoms with Gasteiger partial charge in [-0.2, -0.15) is 0 Å². The number of β-lactam (4-membered cyclic amide) rings is 1. The van der Waals surface area contributed by atoms with Crippen molar-refractivity contribution in [2.75, 3.05) is 11.5 Å². The Labute approximate surface area is 245 Å². The summed E-state index contributed by atoms with van der Waals surface area (Å²) in [7, 11) is 0. The van der Waals surface area contributed by atoms with Crippen LogP contribution in [0.15, 0.2) is 64.1 Å². The van der Waals surface area contributed by atoms with E-state index in [9.17, 15) is 34.5 Å². The average molecular weight is 614 g/mol. The number of aryl methyl sites for hydroxylation is 1. The summed E-state index contributed by atoms with van der Waals surface area (Å²) in [5.41, 5.74) is 1.01. The Bertz CT molecular complexity index is 1540. The number of amides is 3. The SMILES string of the molecule is Cc1nnc(SCC2=C(C(=O)O)N3C(=O)C(NC(=O)C(NC(=O)c4ccc(O)cc4)c4ccc(O)cc4)[C@@H]3SC2)s1. The molecule has 2 unspecified atom stereocenters. The number of fused-ring (bicyclic) bond motifs is 1. The zero-order chi connectivity index (χ0) is 29.3. The van der Waals surface area contributed by atoms with Gasteiger partial charge in [0.2, 0.25) is 5.91 Å². The van der Waals surface area contributed by atoms with Crippen LogP contribution in [0.5, 0.6) is 11.5 Å². The van der Waals surface area contributed by atoms with Gasteiger partial charge in [-0.3, -0.25) is 19.3 Å². The number of aromatic nitrogens is 2. The van der Waals surface area contributed by atoms with E-state index in [4.69, 9.17) is 0 Å². The predicted molar refractivity (Wildman–Crippen MR) is 151 cm³/mol. The molecular weight excluding hydrogens is 591 g/mol. The summed E-state index contributed by atoms with van der Waals surface area (Å²) in [6.45, 7) is 1.82. The second-order valence-electron chi connectivity index (χ2n) is 9.07. The van der Waals surface area contributed by atoms with Crippen molar-refractivity contribution in [2.45, 2.75) is 28.7 Å². The summed E-state index contributed by atoms with van der Waals surface area (Å²) in [6, 6.07) is 8.88. The van der Waals surface area contributed by atoms with Gasteiger partial charge in [-0.25, -0.2) is 4.79 Å². The summed E-state index contributed by atoms with van der Waals surface area (Å²) in [5, 5.41) is 42.6. The van der Waals surface area contributed by atoms with Crippen LogP contribution in [0.25, 0.3) is 0 Å². The van der Waals surface area contributed by atoms with E-state index in [1.165, 1.54) is 88.3 Å². The molecule has 0 saturated carbocycles. The first-order valence-electron chi connectivity index (χ1n) is 12.1. The predicted octanol–water partition coefficient (Wildman–Crippen LogP) is 2.26. The third-order valence-corrected chi connectivity index (χ3v) is 9.72. The molecule has 15 heteroatoms. The number of benzene rings is 2. The van der Waals surface area contributed by atoms with E-state index in [2.05, 4.69) is 20.8 Å². The van der Waals surface area contributed by atoms with E-state index in [1.807, 2.05) is 6.92 Å². The maximum absolute atomic E-state index is 13.5. The van der Waals surface area contributed by atoms with Crippen LogP contribution in [0.3, 0.4) is 0 Å². The van der Waals surface area contributed by atoms with Crippen molar-refractivity contribution < 1.29 is 34.5 Å². The first-order chi connectivity index (χ1) is 19.6. The van der Waals surface area contributed by atoms with Gasteiger partial charge in [-0.15, -0.1) is 22.0 Å². The Kier molecular flexibility index (Phi) is 8.19. The Balaban J connectivity index is 1.32. The first kappa shape index (κ1) is 28.4. The minimum atomic E-state index is -1.24. The molecule has 2 aliphatic rings. The normalized spacial score (nSPS) is 18.8. The number of carboxylic acid groups (broad SMARTS) is 1. The van der Waals surface area contributed by atoms with E-state index < -0.39 is 41.1 Å². The van der Waals surface area contributed by atoms with Crippen LogP contribution in [0, 0.1) is 6.92 Å². The van der Waals surface area contributed by atoms with Crippen molar-refractivity contribution in [1.82, 2.24) is 25.7 Å². The number of hydrogen-bond acceptors (Lipinski definition) is 11. The minimum Gasteiger partial charge on any atom is -0.508 e. The summed E-state index contributed by atoms with van der Waals surface area (Å²) in [4.78, 5) is 52.9. The molecular formula is C26H23N5O7S3. The lowest BCUT2D eigenvalue weighted by molar-refractivity contribution is -0.151. The Morgan fingerprint density at radius 1 is 1.07 bits per heavy atom. The van der Waals surface area contributed by atoms with Crippen LogP contribution in [0.2, 0.25) is 0 Å². The van der Waals surface area contributed by atoms with Crippen LogP contribution in [0.4, 0.5) is 0 Å². The molecule has 0 aliphatic carbocycles. The second-order valence-corrected chi connectivity index (χ2v) is 12.6. The number of carboxylic acids is 1. The Morgan fingerprint density at radius 2 is 1.73 bits per heavy atom. The molecule has 0 bridgehead atoms. The van der Waals surface area contributed by atoms with Crippen LogP contribution < -0.4 is 10.6 Å². The number of nitrogens with one attached hydrogen (secondary N) is 2. The van der Waals surface area contributed by atoms with E-state index >= 15 is 0 Å². The fraction of sp³-hybridized carbons (Fsp3) is 0.231. The highest BCUT2D eigenvalue weighted by Gasteiger charge is 2.54. The van der Waals surface area contributed by atoms with E-state index in [0.717, 1.165) is 5.01 Å². The van der Waals surface area contributed by atoms with Gasteiger partial charge >= 0.3 is 5.97 Å². The number of aromatic hydroxyl groups is 2. The fourth-order valence-corrected chi connectivity index (χ4v) is 7.61. The van der Waals surface area contributed by atoms with Gasteiger partial charge in [0.15, 0.2) is 4.34 Å². The number of hydrogen-bond donors (Lipinski definition) is 5. The number of aliphatic carboxylic acids is 1. The van der Waals surface area contributed by atoms with E-state index in [-0.39, 0.29) is 22.8 Å². The minimum absolute atomic E-state index is 0.0285. The molecule has 2 aliphatic heterocycles. The van der Waals surface area contributed by atoms with Crippen molar-refractivity contribution in [3.05, 3.63) is 75.9 Å². The average Bonchev–Trinajstić information content (AvgIpc) is 3.38. The third-order valence-electron chi connectivity index (χ3n) is 6.32. The molecule has 212 valence electrons. The van der Waals surface area contributed by atoms with Gasteiger partial charge in [0.05, 0.1) is 0 Å². The number of phenols is 2. The molecule has 0 spiro atoms. The number of carbonyl (C=O) groups is 4. The number of thioether (sulfide) groups is 2. The van der Waals surface area contributed by atoms with Crippen molar-refractivity contribution in [3.63, 3.8) is 0 Å². The van der Waals surface area contributed by atoms with E-state index in [1.54, 1.807) is 0 Å². The van der Waals surface area contributed by atoms with Crippen LogP contribution in [-0.2, 0) is 14.4 Å². The topological polar surface area (TPSA) is 182 Å². The summed E-state index contributed by atoms with van der Waals surface area (Å²) < 4.78 is 0.696. The molecule has 0 radical (unpaired) electrons. The fourth-order valence-electron chi connectivity index (χ4n) is 4.31. The van der Waals surface area contributed by atoms with Crippen LogP contribution in [-0.4, -0.2) is 77.0 Å². The standard InChI is InChI=1S/C26H23N5O7S3/c1-12-29-30-26(41-12)40-11-15-10-39-24-19(23(36)31(24)20(15)25(37)38)28-22(35)18(13-2-6-16(32)7-3-13)27-21(34)14-4-8-17(33)9-5-14/h2-9,18-19,24,32-33H,10-11H2,1H3,(H,27,34)(H,28,35)(H,37,38)/t18?,19?,24-/m0/s1. The molecule has 3 amide bonds.